The van der Waals surface area contributed by atoms with Crippen molar-refractivity contribution in [2.24, 2.45) is 11.3 Å². The number of fused-ring (bicyclic) bond motifs is 2. The van der Waals surface area contributed by atoms with E-state index in [-0.39, 0.29) is 36.4 Å². The number of carbonyl (C=O) groups excluding carboxylic acids is 1. The van der Waals surface area contributed by atoms with Gasteiger partial charge in [-0.25, -0.2) is 9.55 Å². The molecule has 0 amide bonds. The van der Waals surface area contributed by atoms with E-state index in [9.17, 15) is 9.36 Å². The fraction of sp³-hybridized carbons (Fsp3) is 0.484. The Kier molecular flexibility index (Phi) is 9.36. The molecule has 13 nitrogen and oxygen atoms in total. The van der Waals surface area contributed by atoms with Crippen molar-refractivity contribution in [1.29, 1.82) is 0 Å². The Labute approximate surface area is 262 Å². The van der Waals surface area contributed by atoms with Gasteiger partial charge in [-0.05, 0) is 37.1 Å². The summed E-state index contributed by atoms with van der Waals surface area (Å²) in [7, 11) is -2.65. The van der Waals surface area contributed by atoms with Gasteiger partial charge in [0.1, 0.15) is 23.8 Å². The molecule has 5 atom stereocenters. The summed E-state index contributed by atoms with van der Waals surface area (Å²) in [6.45, 7) is 11.4. The van der Waals surface area contributed by atoms with Crippen molar-refractivity contribution in [2.45, 2.75) is 66.3 Å². The second kappa shape index (κ2) is 12.9. The minimum atomic E-state index is -4.14. The van der Waals surface area contributed by atoms with E-state index in [0.29, 0.717) is 29.2 Å². The van der Waals surface area contributed by atoms with Gasteiger partial charge in [0.25, 0.3) is 0 Å². The highest BCUT2D eigenvalue weighted by Crippen LogP contribution is 2.48. The van der Waals surface area contributed by atoms with Gasteiger partial charge in [0.15, 0.2) is 11.2 Å². The number of benzene rings is 2. The molecule has 2 aromatic carbocycles. The summed E-state index contributed by atoms with van der Waals surface area (Å²) in [6.07, 6.45) is -0.337. The number of nitrogens with zero attached hydrogens (tertiary/aromatic N) is 4. The first-order valence-electron chi connectivity index (χ1n) is 14.8. The van der Waals surface area contributed by atoms with Gasteiger partial charge in [-0.15, -0.1) is 0 Å². The average molecular weight is 641 g/mol. The highest BCUT2D eigenvalue weighted by Gasteiger charge is 2.39. The van der Waals surface area contributed by atoms with Gasteiger partial charge in [0.05, 0.1) is 26.4 Å². The third-order valence-electron chi connectivity index (χ3n) is 7.35. The second-order valence-electron chi connectivity index (χ2n) is 12.5. The van der Waals surface area contributed by atoms with Gasteiger partial charge in [0, 0.05) is 11.3 Å². The fourth-order valence-corrected chi connectivity index (χ4v) is 6.78. The Bertz CT molecular complexity index is 1730. The van der Waals surface area contributed by atoms with Crippen LogP contribution in [0.3, 0.4) is 0 Å². The number of carbonyl (C=O) groups is 1. The number of hydrogen-bond acceptors (Lipinski definition) is 11. The van der Waals surface area contributed by atoms with Crippen LogP contribution in [0.5, 0.6) is 11.6 Å². The molecule has 0 saturated carbocycles. The van der Waals surface area contributed by atoms with Crippen LogP contribution in [0.1, 0.15) is 53.1 Å². The highest BCUT2D eigenvalue weighted by molar-refractivity contribution is 7.52. The number of ether oxygens (including phenoxy) is 3. The van der Waals surface area contributed by atoms with Crippen LogP contribution in [0.2, 0.25) is 0 Å². The molecule has 45 heavy (non-hydrogen) atoms. The lowest BCUT2D eigenvalue weighted by atomic mass is 9.99. The Morgan fingerprint density at radius 2 is 1.91 bits per heavy atom. The first kappa shape index (κ1) is 32.6. The topological polar surface area (TPSA) is 162 Å². The third-order valence-corrected chi connectivity index (χ3v) is 8.98. The number of nitrogens with one attached hydrogen (secondary N) is 1. The van der Waals surface area contributed by atoms with E-state index in [4.69, 9.17) is 29.0 Å². The smallest absolute Gasteiger partial charge is 0.459 e. The Hall–Kier alpha value is -3.77. The maximum Gasteiger partial charge on any atom is 0.459 e. The minimum absolute atomic E-state index is 0.00881. The third kappa shape index (κ3) is 7.38. The lowest BCUT2D eigenvalue weighted by Crippen LogP contribution is -2.37. The molecule has 0 bridgehead atoms. The SMILES string of the molecule is COc1nc(N)nc2c1nc(C)n2C1OC(COP(=O)(NC(C)C(=O)OCC(C)(C)C)Oc2cccc3ccccc23)CC1C. The van der Waals surface area contributed by atoms with Crippen molar-refractivity contribution in [3.63, 3.8) is 0 Å². The zero-order chi connectivity index (χ0) is 32.5. The van der Waals surface area contributed by atoms with E-state index >= 15 is 0 Å². The Morgan fingerprint density at radius 1 is 1.18 bits per heavy atom. The number of imidazole rings is 1. The molecule has 0 spiro atoms. The van der Waals surface area contributed by atoms with Crippen molar-refractivity contribution < 1.29 is 32.6 Å². The predicted molar refractivity (Wildman–Crippen MR) is 170 cm³/mol. The second-order valence-corrected chi connectivity index (χ2v) is 14.2. The molecule has 242 valence electrons. The van der Waals surface area contributed by atoms with Crippen molar-refractivity contribution in [2.75, 3.05) is 26.1 Å². The summed E-state index contributed by atoms with van der Waals surface area (Å²) in [5, 5.41) is 4.44. The predicted octanol–water partition coefficient (Wildman–Crippen LogP) is 5.57. The van der Waals surface area contributed by atoms with E-state index in [1.165, 1.54) is 7.11 Å². The van der Waals surface area contributed by atoms with Crippen LogP contribution in [0.4, 0.5) is 5.95 Å². The molecule has 5 rings (SSSR count). The van der Waals surface area contributed by atoms with Crippen LogP contribution < -0.4 is 20.1 Å². The van der Waals surface area contributed by atoms with Crippen molar-refractivity contribution in [3.05, 3.63) is 48.3 Å². The molecule has 1 aliphatic rings. The maximum absolute atomic E-state index is 14.3. The molecule has 1 saturated heterocycles. The molecule has 3 heterocycles. The molecular formula is C31H41N6O7P. The summed E-state index contributed by atoms with van der Waals surface area (Å²) in [5.74, 6) is 0.770. The molecule has 1 aliphatic heterocycles. The molecule has 2 aromatic heterocycles. The first-order chi connectivity index (χ1) is 21.3. The molecule has 1 fully saturated rings. The summed E-state index contributed by atoms with van der Waals surface area (Å²) >= 11 is 0. The average Bonchev–Trinajstić information content (AvgIpc) is 3.51. The van der Waals surface area contributed by atoms with E-state index in [1.54, 1.807) is 19.1 Å². The standard InChI is InChI=1S/C31H41N6O7P/c1-18-15-22(43-28(18)37-20(3)33-25-26(37)34-30(32)35-27(25)40-7)16-42-45(39,36-19(2)29(38)41-17-31(4,5)6)44-24-14-10-12-21-11-8-9-13-23(21)24/h8-14,18-19,22,28H,15-17H2,1-7H3,(H,36,39)(H2,32,34,35). The van der Waals surface area contributed by atoms with E-state index in [2.05, 4.69) is 20.0 Å². The minimum Gasteiger partial charge on any atom is -0.479 e. The number of anilines is 1. The number of hydrogen-bond donors (Lipinski definition) is 2. The quantitative estimate of drug-likeness (QED) is 0.155. The van der Waals surface area contributed by atoms with E-state index in [1.807, 2.05) is 69.5 Å². The van der Waals surface area contributed by atoms with Crippen molar-refractivity contribution >= 4 is 41.6 Å². The summed E-state index contributed by atoms with van der Waals surface area (Å²) in [4.78, 5) is 26.0. The molecule has 4 aromatic rings. The number of rotatable bonds is 11. The van der Waals surface area contributed by atoms with E-state index in [0.717, 1.165) is 10.8 Å². The van der Waals surface area contributed by atoms with Crippen LogP contribution in [0.15, 0.2) is 42.5 Å². The van der Waals surface area contributed by atoms with Crippen LogP contribution >= 0.6 is 7.75 Å². The normalized spacial score (nSPS) is 20.6. The zero-order valence-electron chi connectivity index (χ0n) is 26.6. The van der Waals surface area contributed by atoms with Crippen LogP contribution in [-0.2, 0) is 23.4 Å². The Morgan fingerprint density at radius 3 is 2.64 bits per heavy atom. The number of nitrogen functional groups attached to an aromatic ring is 1. The van der Waals surface area contributed by atoms with Gasteiger partial charge in [0.2, 0.25) is 11.8 Å². The highest BCUT2D eigenvalue weighted by atomic mass is 31.2. The number of aromatic nitrogens is 4. The lowest BCUT2D eigenvalue weighted by molar-refractivity contribution is -0.148. The van der Waals surface area contributed by atoms with Gasteiger partial charge in [-0.3, -0.25) is 13.9 Å². The molecule has 14 heteroatoms. The summed E-state index contributed by atoms with van der Waals surface area (Å²) in [6, 6.07) is 12.0. The number of methoxy groups -OCH3 is 1. The maximum atomic E-state index is 14.3. The monoisotopic (exact) mass is 640 g/mol. The Balaban J connectivity index is 1.36. The zero-order valence-corrected chi connectivity index (χ0v) is 27.5. The molecule has 0 aliphatic carbocycles. The summed E-state index contributed by atoms with van der Waals surface area (Å²) in [5.41, 5.74) is 6.68. The molecule has 0 radical (unpaired) electrons. The first-order valence-corrected chi connectivity index (χ1v) is 16.4. The number of esters is 1. The van der Waals surface area contributed by atoms with Gasteiger partial charge in [-0.2, -0.15) is 15.1 Å². The van der Waals surface area contributed by atoms with Gasteiger partial charge in [-0.1, -0.05) is 64.1 Å². The van der Waals surface area contributed by atoms with Crippen molar-refractivity contribution in [1.82, 2.24) is 24.6 Å². The van der Waals surface area contributed by atoms with E-state index < -0.39 is 32.1 Å². The van der Waals surface area contributed by atoms with Gasteiger partial charge < -0.3 is 24.5 Å². The molecule has 5 unspecified atom stereocenters. The number of aryl methyl sites for hydroxylation is 1. The summed E-state index contributed by atoms with van der Waals surface area (Å²) < 4.78 is 45.6. The lowest BCUT2D eigenvalue weighted by Gasteiger charge is -2.25. The number of nitrogens with two attached hydrogens (primary N) is 1. The fourth-order valence-electron chi connectivity index (χ4n) is 5.24. The van der Waals surface area contributed by atoms with Gasteiger partial charge >= 0.3 is 13.7 Å². The van der Waals surface area contributed by atoms with Crippen LogP contribution in [0, 0.1) is 18.3 Å². The van der Waals surface area contributed by atoms with Crippen LogP contribution in [0.25, 0.3) is 21.9 Å². The van der Waals surface area contributed by atoms with Crippen molar-refractivity contribution in [3.8, 4) is 11.6 Å². The largest absolute Gasteiger partial charge is 0.479 e. The molecular weight excluding hydrogens is 599 g/mol. The van der Waals surface area contributed by atoms with Crippen LogP contribution in [-0.4, -0.2) is 58.0 Å². The molecule has 3 N–H and O–H groups in total.